The summed E-state index contributed by atoms with van der Waals surface area (Å²) in [5.41, 5.74) is 1.33. The van der Waals surface area contributed by atoms with E-state index in [-0.39, 0.29) is 11.9 Å². The Kier molecular flexibility index (Phi) is 3.41. The van der Waals surface area contributed by atoms with Crippen LogP contribution in [-0.4, -0.2) is 5.78 Å². The molecule has 0 bridgehead atoms. The summed E-state index contributed by atoms with van der Waals surface area (Å²) in [4.78, 5) is 15.0. The molecule has 1 aliphatic heterocycles. The molecule has 2 nitrogen and oxygen atoms in total. The summed E-state index contributed by atoms with van der Waals surface area (Å²) < 4.78 is 6.13. The molecule has 1 aromatic carbocycles. The molecule has 0 spiro atoms. The standard InChI is InChI=1S/C18H12O2S2/c19-17-13-6-1-2-7-15(13)20-18(16-8-4-10-22-16)14(17)11-12-5-3-9-21-12/h1-11,18H. The molecular weight excluding hydrogens is 312 g/mol. The van der Waals surface area contributed by atoms with Gasteiger partial charge in [0.2, 0.25) is 0 Å². The summed E-state index contributed by atoms with van der Waals surface area (Å²) in [6.45, 7) is 0. The number of hydrogen-bond acceptors (Lipinski definition) is 4. The average molecular weight is 324 g/mol. The lowest BCUT2D eigenvalue weighted by molar-refractivity contribution is 0.0965. The van der Waals surface area contributed by atoms with Crippen LogP contribution in [0.5, 0.6) is 5.75 Å². The van der Waals surface area contributed by atoms with Crippen molar-refractivity contribution in [3.63, 3.8) is 0 Å². The first kappa shape index (κ1) is 13.5. The summed E-state index contributed by atoms with van der Waals surface area (Å²) in [5, 5.41) is 4.01. The van der Waals surface area contributed by atoms with Gasteiger partial charge in [-0.15, -0.1) is 22.7 Å². The number of fused-ring (bicyclic) bond motifs is 1. The van der Waals surface area contributed by atoms with E-state index < -0.39 is 0 Å². The number of rotatable bonds is 2. The van der Waals surface area contributed by atoms with Crippen LogP contribution in [-0.2, 0) is 0 Å². The number of Topliss-reactive ketones (excluding diaryl/α,β-unsaturated/α-hetero) is 1. The van der Waals surface area contributed by atoms with Crippen molar-refractivity contribution in [3.8, 4) is 5.75 Å². The molecule has 0 N–H and O–H groups in total. The van der Waals surface area contributed by atoms with Crippen LogP contribution in [0.25, 0.3) is 6.08 Å². The lowest BCUT2D eigenvalue weighted by atomic mass is 9.93. The molecule has 0 saturated heterocycles. The van der Waals surface area contributed by atoms with E-state index in [9.17, 15) is 4.79 Å². The van der Waals surface area contributed by atoms with Gasteiger partial charge in [0.05, 0.1) is 5.56 Å². The maximum Gasteiger partial charge on any atom is 0.196 e. The summed E-state index contributed by atoms with van der Waals surface area (Å²) >= 11 is 3.23. The van der Waals surface area contributed by atoms with E-state index >= 15 is 0 Å². The molecule has 0 amide bonds. The van der Waals surface area contributed by atoms with Crippen molar-refractivity contribution in [2.24, 2.45) is 0 Å². The highest BCUT2D eigenvalue weighted by Crippen LogP contribution is 2.40. The Labute approximate surface area is 136 Å². The zero-order valence-electron chi connectivity index (χ0n) is 11.6. The molecule has 1 aliphatic rings. The number of benzene rings is 1. The van der Waals surface area contributed by atoms with Gasteiger partial charge in [0, 0.05) is 15.3 Å². The minimum Gasteiger partial charge on any atom is -0.479 e. The molecule has 4 rings (SSSR count). The van der Waals surface area contributed by atoms with Gasteiger partial charge in [0.25, 0.3) is 0 Å². The number of thiophene rings is 2. The third-order valence-electron chi connectivity index (χ3n) is 3.56. The largest absolute Gasteiger partial charge is 0.479 e. The minimum atomic E-state index is -0.329. The van der Waals surface area contributed by atoms with E-state index in [1.165, 1.54) is 0 Å². The number of ketones is 1. The molecule has 1 atom stereocenters. The second kappa shape index (κ2) is 5.55. The predicted molar refractivity (Wildman–Crippen MR) is 90.8 cm³/mol. The normalized spacial score (nSPS) is 19.0. The smallest absolute Gasteiger partial charge is 0.196 e. The molecule has 0 radical (unpaired) electrons. The zero-order chi connectivity index (χ0) is 14.9. The first-order valence-electron chi connectivity index (χ1n) is 6.92. The number of ether oxygens (including phenoxy) is 1. The lowest BCUT2D eigenvalue weighted by Gasteiger charge is -2.27. The average Bonchev–Trinajstić information content (AvgIpc) is 3.23. The highest BCUT2D eigenvalue weighted by Gasteiger charge is 2.33. The van der Waals surface area contributed by atoms with Gasteiger partial charge in [-0.05, 0) is 41.1 Å². The predicted octanol–water partition coefficient (Wildman–Crippen LogP) is 5.21. The Hall–Kier alpha value is -2.17. The molecule has 2 aromatic heterocycles. The molecule has 108 valence electrons. The Morgan fingerprint density at radius 2 is 1.77 bits per heavy atom. The molecule has 1 unspecified atom stereocenters. The maximum atomic E-state index is 12.9. The molecule has 3 heterocycles. The highest BCUT2D eigenvalue weighted by atomic mass is 32.1. The van der Waals surface area contributed by atoms with Crippen LogP contribution in [0, 0.1) is 0 Å². The van der Waals surface area contributed by atoms with Gasteiger partial charge in [-0.3, -0.25) is 4.79 Å². The molecule has 22 heavy (non-hydrogen) atoms. The van der Waals surface area contributed by atoms with E-state index in [4.69, 9.17) is 4.74 Å². The second-order valence-corrected chi connectivity index (χ2v) is 6.91. The van der Waals surface area contributed by atoms with Crippen molar-refractivity contribution in [1.82, 2.24) is 0 Å². The van der Waals surface area contributed by atoms with Crippen LogP contribution in [0.15, 0.2) is 64.9 Å². The second-order valence-electron chi connectivity index (χ2n) is 4.95. The van der Waals surface area contributed by atoms with E-state index in [0.717, 1.165) is 9.75 Å². The van der Waals surface area contributed by atoms with Gasteiger partial charge in [0.15, 0.2) is 11.9 Å². The van der Waals surface area contributed by atoms with E-state index in [2.05, 4.69) is 0 Å². The third-order valence-corrected chi connectivity index (χ3v) is 5.30. The Morgan fingerprint density at radius 3 is 2.55 bits per heavy atom. The lowest BCUT2D eigenvalue weighted by Crippen LogP contribution is -2.23. The molecule has 0 saturated carbocycles. The quantitative estimate of drug-likeness (QED) is 0.605. The van der Waals surface area contributed by atoms with Crippen LogP contribution < -0.4 is 4.74 Å². The van der Waals surface area contributed by atoms with Gasteiger partial charge in [0.1, 0.15) is 5.75 Å². The maximum absolute atomic E-state index is 12.9. The van der Waals surface area contributed by atoms with Crippen molar-refractivity contribution < 1.29 is 9.53 Å². The topological polar surface area (TPSA) is 26.3 Å². The Bertz CT molecular complexity index is 830. The van der Waals surface area contributed by atoms with E-state index in [1.807, 2.05) is 65.4 Å². The monoisotopic (exact) mass is 324 g/mol. The molecule has 0 fully saturated rings. The van der Waals surface area contributed by atoms with Crippen LogP contribution in [0.3, 0.4) is 0 Å². The van der Waals surface area contributed by atoms with Crippen molar-refractivity contribution in [2.45, 2.75) is 6.10 Å². The van der Waals surface area contributed by atoms with Gasteiger partial charge < -0.3 is 4.74 Å². The number of carbonyl (C=O) groups excluding carboxylic acids is 1. The fraction of sp³-hybridized carbons (Fsp3) is 0.0556. The van der Waals surface area contributed by atoms with Gasteiger partial charge >= 0.3 is 0 Å². The van der Waals surface area contributed by atoms with Crippen LogP contribution >= 0.6 is 22.7 Å². The van der Waals surface area contributed by atoms with Crippen LogP contribution in [0.2, 0.25) is 0 Å². The van der Waals surface area contributed by atoms with Crippen LogP contribution in [0.1, 0.15) is 26.2 Å². The van der Waals surface area contributed by atoms with Crippen molar-refractivity contribution in [2.75, 3.05) is 0 Å². The molecule has 0 aliphatic carbocycles. The summed E-state index contributed by atoms with van der Waals surface area (Å²) in [5.74, 6) is 0.711. The van der Waals surface area contributed by atoms with E-state index in [1.54, 1.807) is 22.7 Å². The van der Waals surface area contributed by atoms with Crippen molar-refractivity contribution in [1.29, 1.82) is 0 Å². The van der Waals surface area contributed by atoms with Crippen molar-refractivity contribution in [3.05, 3.63) is 80.2 Å². The summed E-state index contributed by atoms with van der Waals surface area (Å²) in [7, 11) is 0. The van der Waals surface area contributed by atoms with Gasteiger partial charge in [-0.25, -0.2) is 0 Å². The SMILES string of the molecule is O=C1C(=Cc2cccs2)C(c2cccs2)Oc2ccccc21. The summed E-state index contributed by atoms with van der Waals surface area (Å²) in [6.07, 6.45) is 1.62. The number of para-hydroxylation sites is 1. The number of hydrogen-bond donors (Lipinski definition) is 0. The molecular formula is C18H12O2S2. The molecule has 3 aromatic rings. The van der Waals surface area contributed by atoms with E-state index in [0.29, 0.717) is 16.9 Å². The van der Waals surface area contributed by atoms with Crippen molar-refractivity contribution >= 4 is 34.5 Å². The fourth-order valence-electron chi connectivity index (χ4n) is 2.54. The summed E-state index contributed by atoms with van der Waals surface area (Å²) in [6, 6.07) is 15.4. The fourth-order valence-corrected chi connectivity index (χ4v) is 3.98. The zero-order valence-corrected chi connectivity index (χ0v) is 13.2. The number of carbonyl (C=O) groups is 1. The minimum absolute atomic E-state index is 0.0497. The van der Waals surface area contributed by atoms with Gasteiger partial charge in [-0.1, -0.05) is 24.3 Å². The Balaban J connectivity index is 1.87. The third kappa shape index (κ3) is 2.30. The van der Waals surface area contributed by atoms with Gasteiger partial charge in [-0.2, -0.15) is 0 Å². The first-order chi connectivity index (χ1) is 10.8. The Morgan fingerprint density at radius 1 is 0.955 bits per heavy atom. The van der Waals surface area contributed by atoms with Crippen LogP contribution in [0.4, 0.5) is 0 Å². The highest BCUT2D eigenvalue weighted by molar-refractivity contribution is 7.11. The first-order valence-corrected chi connectivity index (χ1v) is 8.68. The molecule has 4 heteroatoms.